The third-order valence-corrected chi connectivity index (χ3v) is 2.22. The van der Waals surface area contributed by atoms with Gasteiger partial charge in [0.05, 0.1) is 5.92 Å². The molecule has 1 aromatic carbocycles. The molecular weight excluding hydrogens is 188 g/mol. The van der Waals surface area contributed by atoms with Gasteiger partial charge >= 0.3 is 5.97 Å². The maximum Gasteiger partial charge on any atom is 0.310 e. The van der Waals surface area contributed by atoms with E-state index in [0.29, 0.717) is 6.42 Å². The van der Waals surface area contributed by atoms with Crippen LogP contribution in [0.25, 0.3) is 0 Å². The zero-order valence-corrected chi connectivity index (χ0v) is 8.89. The van der Waals surface area contributed by atoms with E-state index in [1.807, 2.05) is 43.3 Å². The summed E-state index contributed by atoms with van der Waals surface area (Å²) in [6.45, 7) is 2.00. The van der Waals surface area contributed by atoms with Gasteiger partial charge in [0.25, 0.3) is 0 Å². The highest BCUT2D eigenvalue weighted by Crippen LogP contribution is 2.10. The zero-order valence-electron chi connectivity index (χ0n) is 8.89. The van der Waals surface area contributed by atoms with Gasteiger partial charge in [0.15, 0.2) is 0 Å². The Morgan fingerprint density at radius 2 is 2.07 bits per heavy atom. The van der Waals surface area contributed by atoms with E-state index in [0.717, 1.165) is 12.0 Å². The molecule has 0 aliphatic rings. The highest BCUT2D eigenvalue weighted by Gasteiger charge is 2.13. The molecule has 0 bridgehead atoms. The van der Waals surface area contributed by atoms with Crippen LogP contribution in [0.1, 0.15) is 18.9 Å². The van der Waals surface area contributed by atoms with Crippen LogP contribution in [0.4, 0.5) is 0 Å². The molecule has 1 rings (SSSR count). The number of hydrogen-bond acceptors (Lipinski definition) is 1. The molecule has 0 aromatic heterocycles. The van der Waals surface area contributed by atoms with Crippen molar-refractivity contribution in [3.05, 3.63) is 48.0 Å². The van der Waals surface area contributed by atoms with E-state index >= 15 is 0 Å². The van der Waals surface area contributed by atoms with Crippen molar-refractivity contribution in [2.24, 2.45) is 5.92 Å². The van der Waals surface area contributed by atoms with E-state index in [2.05, 4.69) is 0 Å². The van der Waals surface area contributed by atoms with Gasteiger partial charge in [0.1, 0.15) is 0 Å². The minimum absolute atomic E-state index is 0.410. The molecule has 80 valence electrons. The van der Waals surface area contributed by atoms with Gasteiger partial charge in [-0.3, -0.25) is 4.79 Å². The Hall–Kier alpha value is -1.57. The summed E-state index contributed by atoms with van der Waals surface area (Å²) in [5.74, 6) is -1.17. The molecule has 2 heteroatoms. The quantitative estimate of drug-likeness (QED) is 0.749. The molecule has 1 aromatic rings. The molecule has 2 nitrogen and oxygen atoms in total. The Bertz CT molecular complexity index is 328. The second-order valence-electron chi connectivity index (χ2n) is 3.47. The van der Waals surface area contributed by atoms with E-state index in [1.54, 1.807) is 6.08 Å². The number of carbonyl (C=O) groups is 1. The Morgan fingerprint density at radius 3 is 2.60 bits per heavy atom. The maximum absolute atomic E-state index is 11.0. The molecule has 1 unspecified atom stereocenters. The lowest BCUT2D eigenvalue weighted by Crippen LogP contribution is -2.13. The molecule has 0 radical (unpaired) electrons. The fourth-order valence-electron chi connectivity index (χ4n) is 1.41. The van der Waals surface area contributed by atoms with E-state index in [9.17, 15) is 4.79 Å². The van der Waals surface area contributed by atoms with Crippen LogP contribution in [0.5, 0.6) is 0 Å². The van der Waals surface area contributed by atoms with Crippen molar-refractivity contribution in [3.8, 4) is 0 Å². The number of benzene rings is 1. The second kappa shape index (κ2) is 6.02. The van der Waals surface area contributed by atoms with Gasteiger partial charge in [-0.1, -0.05) is 49.4 Å². The largest absolute Gasteiger partial charge is 0.481 e. The number of aliphatic carboxylic acids is 1. The third-order valence-electron chi connectivity index (χ3n) is 2.22. The van der Waals surface area contributed by atoms with E-state index in [1.165, 1.54) is 0 Å². The highest BCUT2D eigenvalue weighted by atomic mass is 16.4. The Kier molecular flexibility index (Phi) is 4.61. The number of hydrogen-bond donors (Lipinski definition) is 1. The summed E-state index contributed by atoms with van der Waals surface area (Å²) in [5.41, 5.74) is 1.06. The average molecular weight is 204 g/mol. The molecule has 0 saturated carbocycles. The summed E-state index contributed by atoms with van der Waals surface area (Å²) in [5, 5.41) is 9.01. The molecule has 0 spiro atoms. The predicted octanol–water partition coefficient (Wildman–Crippen LogP) is 2.90. The molecule has 0 saturated heterocycles. The monoisotopic (exact) mass is 204 g/mol. The smallest absolute Gasteiger partial charge is 0.310 e. The summed E-state index contributed by atoms with van der Waals surface area (Å²) < 4.78 is 0. The van der Waals surface area contributed by atoms with Gasteiger partial charge in [-0.05, 0) is 18.4 Å². The molecule has 0 heterocycles. The van der Waals surface area contributed by atoms with Crippen LogP contribution < -0.4 is 0 Å². The number of carboxylic acids is 1. The average Bonchev–Trinajstić information content (AvgIpc) is 2.25. The van der Waals surface area contributed by atoms with Crippen LogP contribution in [0.2, 0.25) is 0 Å². The highest BCUT2D eigenvalue weighted by molar-refractivity contribution is 5.72. The normalized spacial score (nSPS) is 12.9. The van der Waals surface area contributed by atoms with Crippen LogP contribution in [0.15, 0.2) is 42.5 Å². The topological polar surface area (TPSA) is 37.3 Å². The first-order valence-corrected chi connectivity index (χ1v) is 5.17. The van der Waals surface area contributed by atoms with Gasteiger partial charge in [-0.15, -0.1) is 0 Å². The molecule has 15 heavy (non-hydrogen) atoms. The van der Waals surface area contributed by atoms with Gasteiger partial charge in [-0.2, -0.15) is 0 Å². The lowest BCUT2D eigenvalue weighted by Gasteiger charge is -2.07. The first-order valence-electron chi connectivity index (χ1n) is 5.17. The van der Waals surface area contributed by atoms with E-state index in [4.69, 9.17) is 5.11 Å². The predicted molar refractivity (Wildman–Crippen MR) is 60.7 cm³/mol. The number of carboxylic acid groups (broad SMARTS) is 1. The van der Waals surface area contributed by atoms with Crippen molar-refractivity contribution in [3.63, 3.8) is 0 Å². The Morgan fingerprint density at radius 1 is 1.40 bits per heavy atom. The van der Waals surface area contributed by atoms with Crippen molar-refractivity contribution < 1.29 is 9.90 Å². The number of allylic oxidation sites excluding steroid dienone is 1. The van der Waals surface area contributed by atoms with Crippen molar-refractivity contribution in [2.75, 3.05) is 0 Å². The third kappa shape index (κ3) is 3.98. The van der Waals surface area contributed by atoms with Gasteiger partial charge in [-0.25, -0.2) is 0 Å². The summed E-state index contributed by atoms with van der Waals surface area (Å²) in [6.07, 6.45) is 5.11. The molecule has 0 fully saturated rings. The van der Waals surface area contributed by atoms with Gasteiger partial charge < -0.3 is 5.11 Å². The first-order chi connectivity index (χ1) is 7.24. The first kappa shape index (κ1) is 11.5. The maximum atomic E-state index is 11.0. The minimum atomic E-state index is -0.761. The second-order valence-corrected chi connectivity index (χ2v) is 3.47. The van der Waals surface area contributed by atoms with E-state index in [-0.39, 0.29) is 0 Å². The Labute approximate surface area is 90.3 Å². The SMILES string of the molecule is CC/C=C/C(Cc1ccccc1)C(=O)O. The number of rotatable bonds is 5. The van der Waals surface area contributed by atoms with Crippen LogP contribution in [0.3, 0.4) is 0 Å². The van der Waals surface area contributed by atoms with Gasteiger partial charge in [0, 0.05) is 0 Å². The van der Waals surface area contributed by atoms with Crippen molar-refractivity contribution in [2.45, 2.75) is 19.8 Å². The van der Waals surface area contributed by atoms with Crippen molar-refractivity contribution in [1.82, 2.24) is 0 Å². The molecule has 0 aliphatic heterocycles. The fourth-order valence-corrected chi connectivity index (χ4v) is 1.41. The van der Waals surface area contributed by atoms with Crippen molar-refractivity contribution in [1.29, 1.82) is 0 Å². The molecule has 1 N–H and O–H groups in total. The molecule has 0 aliphatic carbocycles. The minimum Gasteiger partial charge on any atom is -0.481 e. The summed E-state index contributed by atoms with van der Waals surface area (Å²) in [4.78, 5) is 11.0. The van der Waals surface area contributed by atoms with Crippen LogP contribution >= 0.6 is 0 Å². The van der Waals surface area contributed by atoms with Gasteiger partial charge in [0.2, 0.25) is 0 Å². The summed E-state index contributed by atoms with van der Waals surface area (Å²) in [6, 6.07) is 9.70. The molecule has 0 amide bonds. The summed E-state index contributed by atoms with van der Waals surface area (Å²) >= 11 is 0. The molecule has 1 atom stereocenters. The lowest BCUT2D eigenvalue weighted by molar-refractivity contribution is -0.140. The fraction of sp³-hybridized carbons (Fsp3) is 0.308. The lowest BCUT2D eigenvalue weighted by atomic mass is 9.99. The van der Waals surface area contributed by atoms with Crippen molar-refractivity contribution >= 4 is 5.97 Å². The van der Waals surface area contributed by atoms with Crippen LogP contribution in [0, 0.1) is 5.92 Å². The van der Waals surface area contributed by atoms with Crippen LogP contribution in [-0.2, 0) is 11.2 Å². The molecular formula is C13H16O2. The Balaban J connectivity index is 2.67. The summed E-state index contributed by atoms with van der Waals surface area (Å²) in [7, 11) is 0. The standard InChI is InChI=1S/C13H16O2/c1-2-3-9-12(13(14)15)10-11-7-5-4-6-8-11/h3-9,12H,2,10H2,1H3,(H,14,15)/b9-3+. The zero-order chi connectivity index (χ0) is 11.1. The van der Waals surface area contributed by atoms with Crippen LogP contribution in [-0.4, -0.2) is 11.1 Å². The van der Waals surface area contributed by atoms with E-state index < -0.39 is 11.9 Å².